The first-order chi connectivity index (χ1) is 7.99. The van der Waals surface area contributed by atoms with Crippen LogP contribution in [0.25, 0.3) is 0 Å². The Bertz CT molecular complexity index is 398. The molecule has 0 spiro atoms. The van der Waals surface area contributed by atoms with Crippen LogP contribution in [0.3, 0.4) is 0 Å². The number of hydrogen-bond acceptors (Lipinski definition) is 2. The molecule has 0 aliphatic rings. The van der Waals surface area contributed by atoms with Crippen molar-refractivity contribution in [1.82, 2.24) is 10.2 Å². The number of halogens is 2. The predicted molar refractivity (Wildman–Crippen MR) is 69.7 cm³/mol. The Balaban J connectivity index is 2.42. The van der Waals surface area contributed by atoms with Gasteiger partial charge >= 0.3 is 6.03 Å². The average molecular weight is 304 g/mol. The van der Waals surface area contributed by atoms with Crippen LogP contribution in [0.4, 0.5) is 14.9 Å². The first-order valence-electron chi connectivity index (χ1n) is 5.13. The van der Waals surface area contributed by atoms with Gasteiger partial charge in [0.2, 0.25) is 0 Å². The number of carbonyl (C=O) groups excluding carboxylic acids is 1. The highest BCUT2D eigenvalue weighted by Gasteiger charge is 2.04. The molecule has 0 radical (unpaired) electrons. The molecule has 0 aromatic heterocycles. The second kappa shape index (κ2) is 6.56. The Hall–Kier alpha value is -1.14. The Morgan fingerprint density at radius 3 is 2.76 bits per heavy atom. The lowest BCUT2D eigenvalue weighted by Gasteiger charge is -2.11. The van der Waals surface area contributed by atoms with Crippen LogP contribution in [-0.2, 0) is 0 Å². The second-order valence-electron chi connectivity index (χ2n) is 3.81. The summed E-state index contributed by atoms with van der Waals surface area (Å²) in [6, 6.07) is 4.01. The Kier molecular flexibility index (Phi) is 5.37. The molecule has 2 N–H and O–H groups in total. The van der Waals surface area contributed by atoms with Gasteiger partial charge in [0.05, 0.1) is 4.47 Å². The molecule has 6 heteroatoms. The van der Waals surface area contributed by atoms with E-state index in [4.69, 9.17) is 0 Å². The summed E-state index contributed by atoms with van der Waals surface area (Å²) in [5, 5.41) is 5.31. The summed E-state index contributed by atoms with van der Waals surface area (Å²) < 4.78 is 13.3. The number of hydrogen-bond donors (Lipinski definition) is 2. The van der Waals surface area contributed by atoms with Crippen LogP contribution in [-0.4, -0.2) is 38.1 Å². The van der Waals surface area contributed by atoms with Gasteiger partial charge in [-0.2, -0.15) is 0 Å². The zero-order valence-electron chi connectivity index (χ0n) is 9.76. The predicted octanol–water partition coefficient (Wildman–Crippen LogP) is 2.27. The topological polar surface area (TPSA) is 44.4 Å². The standard InChI is InChI=1S/C11H15BrFN3O/c1-16(2)6-5-14-11(17)15-8-3-4-10(13)9(12)7-8/h3-4,7H,5-6H2,1-2H3,(H2,14,15,17). The fourth-order valence-electron chi connectivity index (χ4n) is 1.14. The number of nitrogens with zero attached hydrogens (tertiary/aromatic N) is 1. The fourth-order valence-corrected chi connectivity index (χ4v) is 1.52. The van der Waals surface area contributed by atoms with E-state index in [0.29, 0.717) is 16.7 Å². The van der Waals surface area contributed by atoms with Crippen molar-refractivity contribution in [1.29, 1.82) is 0 Å². The number of urea groups is 1. The summed E-state index contributed by atoms with van der Waals surface area (Å²) >= 11 is 3.05. The van der Waals surface area contributed by atoms with Gasteiger partial charge in [-0.15, -0.1) is 0 Å². The maximum absolute atomic E-state index is 12.9. The number of amides is 2. The molecule has 0 saturated heterocycles. The van der Waals surface area contributed by atoms with E-state index in [0.717, 1.165) is 6.54 Å². The molecule has 1 rings (SSSR count). The summed E-state index contributed by atoms with van der Waals surface area (Å²) in [6.45, 7) is 1.32. The summed E-state index contributed by atoms with van der Waals surface area (Å²) in [6.07, 6.45) is 0. The molecule has 0 fully saturated rings. The smallest absolute Gasteiger partial charge is 0.319 e. The first-order valence-corrected chi connectivity index (χ1v) is 5.93. The normalized spacial score (nSPS) is 10.4. The lowest BCUT2D eigenvalue weighted by molar-refractivity contribution is 0.250. The van der Waals surface area contributed by atoms with Gasteiger partial charge < -0.3 is 15.5 Å². The molecule has 4 nitrogen and oxygen atoms in total. The second-order valence-corrected chi connectivity index (χ2v) is 4.67. The van der Waals surface area contributed by atoms with Gasteiger partial charge in [-0.25, -0.2) is 9.18 Å². The maximum atomic E-state index is 12.9. The third-order valence-corrected chi connectivity index (χ3v) is 2.63. The summed E-state index contributed by atoms with van der Waals surface area (Å²) in [5.74, 6) is -0.358. The van der Waals surface area contributed by atoms with Gasteiger partial charge in [-0.05, 0) is 48.2 Å². The molecule has 0 aliphatic carbocycles. The van der Waals surface area contributed by atoms with Crippen molar-refractivity contribution < 1.29 is 9.18 Å². The van der Waals surface area contributed by atoms with Crippen molar-refractivity contribution in [3.63, 3.8) is 0 Å². The van der Waals surface area contributed by atoms with Crippen LogP contribution < -0.4 is 10.6 Å². The fraction of sp³-hybridized carbons (Fsp3) is 0.364. The van der Waals surface area contributed by atoms with Crippen molar-refractivity contribution >= 4 is 27.6 Å². The Morgan fingerprint density at radius 1 is 1.47 bits per heavy atom. The SMILES string of the molecule is CN(C)CCNC(=O)Nc1ccc(F)c(Br)c1. The van der Waals surface area contributed by atoms with Gasteiger partial charge in [0.25, 0.3) is 0 Å². The van der Waals surface area contributed by atoms with Gasteiger partial charge in [0.1, 0.15) is 5.82 Å². The summed E-state index contributed by atoms with van der Waals surface area (Å²) in [7, 11) is 3.85. The molecular formula is C11H15BrFN3O. The largest absolute Gasteiger partial charge is 0.337 e. The third kappa shape index (κ3) is 5.14. The number of benzene rings is 1. The van der Waals surface area contributed by atoms with Crippen molar-refractivity contribution in [2.24, 2.45) is 0 Å². The van der Waals surface area contributed by atoms with Gasteiger partial charge in [-0.3, -0.25) is 0 Å². The number of nitrogens with one attached hydrogen (secondary N) is 2. The van der Waals surface area contributed by atoms with Gasteiger partial charge in [0.15, 0.2) is 0 Å². The molecule has 0 aliphatic heterocycles. The molecule has 17 heavy (non-hydrogen) atoms. The highest BCUT2D eigenvalue weighted by atomic mass is 79.9. The van der Waals surface area contributed by atoms with E-state index in [9.17, 15) is 9.18 Å². The van der Waals surface area contributed by atoms with Crippen LogP contribution >= 0.6 is 15.9 Å². The molecule has 0 unspecified atom stereocenters. The minimum absolute atomic E-state index is 0.301. The number of carbonyl (C=O) groups is 1. The zero-order valence-corrected chi connectivity index (χ0v) is 11.3. The van der Waals surface area contributed by atoms with E-state index in [1.807, 2.05) is 19.0 Å². The van der Waals surface area contributed by atoms with E-state index >= 15 is 0 Å². The molecule has 0 bridgehead atoms. The van der Waals surface area contributed by atoms with E-state index in [1.54, 1.807) is 0 Å². The highest BCUT2D eigenvalue weighted by molar-refractivity contribution is 9.10. The highest BCUT2D eigenvalue weighted by Crippen LogP contribution is 2.19. The van der Waals surface area contributed by atoms with E-state index < -0.39 is 0 Å². The molecular weight excluding hydrogens is 289 g/mol. The molecule has 2 amide bonds. The van der Waals surface area contributed by atoms with Gasteiger partial charge in [-0.1, -0.05) is 0 Å². The number of rotatable bonds is 4. The van der Waals surface area contributed by atoms with Crippen molar-refractivity contribution in [3.8, 4) is 0 Å². The van der Waals surface area contributed by atoms with E-state index in [-0.39, 0.29) is 11.8 Å². The average Bonchev–Trinajstić information content (AvgIpc) is 2.23. The molecule has 0 saturated carbocycles. The van der Waals surface area contributed by atoms with Crippen LogP contribution in [0.5, 0.6) is 0 Å². The first kappa shape index (κ1) is 13.9. The summed E-state index contributed by atoms with van der Waals surface area (Å²) in [5.41, 5.74) is 0.542. The van der Waals surface area contributed by atoms with E-state index in [1.165, 1.54) is 18.2 Å². The summed E-state index contributed by atoms with van der Waals surface area (Å²) in [4.78, 5) is 13.4. The Labute approximate surface area is 108 Å². The van der Waals surface area contributed by atoms with Crippen LogP contribution in [0, 0.1) is 5.82 Å². The third-order valence-electron chi connectivity index (χ3n) is 2.02. The monoisotopic (exact) mass is 303 g/mol. The molecule has 94 valence electrons. The molecule has 1 aromatic carbocycles. The maximum Gasteiger partial charge on any atom is 0.319 e. The molecule has 1 aromatic rings. The van der Waals surface area contributed by atoms with Crippen LogP contribution in [0.15, 0.2) is 22.7 Å². The number of likely N-dealkylation sites (N-methyl/N-ethyl adjacent to an activating group) is 1. The minimum Gasteiger partial charge on any atom is -0.337 e. The minimum atomic E-state index is -0.358. The zero-order chi connectivity index (χ0) is 12.8. The quantitative estimate of drug-likeness (QED) is 0.896. The van der Waals surface area contributed by atoms with Crippen molar-refractivity contribution in [2.45, 2.75) is 0 Å². The lowest BCUT2D eigenvalue weighted by Crippen LogP contribution is -2.34. The van der Waals surface area contributed by atoms with E-state index in [2.05, 4.69) is 26.6 Å². The van der Waals surface area contributed by atoms with Crippen LogP contribution in [0.1, 0.15) is 0 Å². The van der Waals surface area contributed by atoms with Gasteiger partial charge in [0, 0.05) is 18.8 Å². The van der Waals surface area contributed by atoms with Crippen LogP contribution in [0.2, 0.25) is 0 Å². The molecule has 0 atom stereocenters. The lowest BCUT2D eigenvalue weighted by atomic mass is 10.3. The van der Waals surface area contributed by atoms with Crippen molar-refractivity contribution in [3.05, 3.63) is 28.5 Å². The molecule has 0 heterocycles. The van der Waals surface area contributed by atoms with Crippen molar-refractivity contribution in [2.75, 3.05) is 32.5 Å². The number of anilines is 1. The Morgan fingerprint density at radius 2 is 2.18 bits per heavy atom.